The van der Waals surface area contributed by atoms with E-state index < -0.39 is 23.8 Å². The number of benzene rings is 1. The fourth-order valence-electron chi connectivity index (χ4n) is 3.02. The Kier molecular flexibility index (Phi) is 2.47. The van der Waals surface area contributed by atoms with Crippen LogP contribution in [0.2, 0.25) is 0 Å². The first-order valence-corrected chi connectivity index (χ1v) is 6.88. The summed E-state index contributed by atoms with van der Waals surface area (Å²) < 4.78 is 0. The third-order valence-electron chi connectivity index (χ3n) is 4.12. The number of carbonyl (C=O) groups is 4. The minimum Gasteiger partial charge on any atom is -0.366 e. The minimum absolute atomic E-state index is 0.117. The van der Waals surface area contributed by atoms with Crippen LogP contribution in [0, 0.1) is 0 Å². The molecule has 7 heteroatoms. The fraction of sp³-hybridized carbons (Fsp3) is 0.200. The number of nitrogens with one attached hydrogen (secondary N) is 2. The summed E-state index contributed by atoms with van der Waals surface area (Å²) in [6, 6.07) is 2.37. The minimum atomic E-state index is -0.925. The van der Waals surface area contributed by atoms with Crippen molar-refractivity contribution >= 4 is 34.4 Å². The lowest BCUT2D eigenvalue weighted by Gasteiger charge is -2.27. The lowest BCUT2D eigenvalue weighted by Crippen LogP contribution is -2.54. The van der Waals surface area contributed by atoms with Crippen LogP contribution in [0.15, 0.2) is 24.5 Å². The van der Waals surface area contributed by atoms with Crippen molar-refractivity contribution in [3.05, 3.63) is 35.7 Å². The molecule has 4 rings (SSSR count). The summed E-state index contributed by atoms with van der Waals surface area (Å²) in [5.74, 6) is -1.96. The number of nitrogens with zero attached hydrogens (tertiary/aromatic N) is 1. The number of rotatable bonds is 1. The van der Waals surface area contributed by atoms with Crippen LogP contribution in [0.5, 0.6) is 0 Å². The van der Waals surface area contributed by atoms with E-state index in [1.54, 1.807) is 24.5 Å². The van der Waals surface area contributed by atoms with Gasteiger partial charge in [-0.3, -0.25) is 29.4 Å². The molecule has 22 heavy (non-hydrogen) atoms. The molecule has 1 saturated heterocycles. The number of aromatic amines is 1. The van der Waals surface area contributed by atoms with Crippen LogP contribution in [0.25, 0.3) is 10.8 Å². The quantitative estimate of drug-likeness (QED) is 0.752. The molecule has 0 aliphatic carbocycles. The maximum atomic E-state index is 12.5. The molecule has 1 aromatic carbocycles. The Morgan fingerprint density at radius 2 is 1.55 bits per heavy atom. The molecular formula is C15H11N3O4. The van der Waals surface area contributed by atoms with Gasteiger partial charge in [0, 0.05) is 18.8 Å². The molecule has 0 radical (unpaired) electrons. The molecule has 4 amide bonds. The molecule has 0 spiro atoms. The van der Waals surface area contributed by atoms with E-state index in [-0.39, 0.29) is 18.7 Å². The van der Waals surface area contributed by atoms with Crippen LogP contribution in [0.1, 0.15) is 33.6 Å². The average Bonchev–Trinajstić information content (AvgIpc) is 3.03. The predicted molar refractivity (Wildman–Crippen MR) is 75.0 cm³/mol. The van der Waals surface area contributed by atoms with Gasteiger partial charge in [0.15, 0.2) is 0 Å². The van der Waals surface area contributed by atoms with Gasteiger partial charge in [0.05, 0.1) is 11.1 Å². The van der Waals surface area contributed by atoms with E-state index in [1.165, 1.54) is 0 Å². The number of hydrogen-bond donors (Lipinski definition) is 2. The molecule has 2 aliphatic heterocycles. The van der Waals surface area contributed by atoms with Crippen molar-refractivity contribution in [2.24, 2.45) is 0 Å². The van der Waals surface area contributed by atoms with Gasteiger partial charge in [-0.15, -0.1) is 0 Å². The Labute approximate surface area is 124 Å². The summed E-state index contributed by atoms with van der Waals surface area (Å²) in [6.45, 7) is 0. The number of aromatic nitrogens is 1. The van der Waals surface area contributed by atoms with Gasteiger partial charge in [-0.25, -0.2) is 0 Å². The predicted octanol–water partition coefficient (Wildman–Crippen LogP) is 0.569. The summed E-state index contributed by atoms with van der Waals surface area (Å²) in [6.07, 6.45) is 3.76. The lowest BCUT2D eigenvalue weighted by atomic mass is 10.0. The second-order valence-corrected chi connectivity index (χ2v) is 5.43. The van der Waals surface area contributed by atoms with Crippen LogP contribution < -0.4 is 5.32 Å². The van der Waals surface area contributed by atoms with E-state index in [0.717, 1.165) is 15.7 Å². The second-order valence-electron chi connectivity index (χ2n) is 5.43. The highest BCUT2D eigenvalue weighted by molar-refractivity contribution is 6.24. The highest BCUT2D eigenvalue weighted by Crippen LogP contribution is 2.30. The molecular weight excluding hydrogens is 286 g/mol. The zero-order valence-electron chi connectivity index (χ0n) is 11.4. The second kappa shape index (κ2) is 4.27. The van der Waals surface area contributed by atoms with Gasteiger partial charge in [-0.1, -0.05) is 0 Å². The Hall–Kier alpha value is -2.96. The third-order valence-corrected chi connectivity index (χ3v) is 4.12. The lowest BCUT2D eigenvalue weighted by molar-refractivity contribution is -0.136. The zero-order chi connectivity index (χ0) is 15.4. The van der Waals surface area contributed by atoms with Gasteiger partial charge >= 0.3 is 0 Å². The van der Waals surface area contributed by atoms with Crippen molar-refractivity contribution in [1.29, 1.82) is 0 Å². The summed E-state index contributed by atoms with van der Waals surface area (Å²) in [5, 5.41) is 3.82. The van der Waals surface area contributed by atoms with Gasteiger partial charge in [0.25, 0.3) is 11.8 Å². The molecule has 1 unspecified atom stereocenters. The van der Waals surface area contributed by atoms with Crippen LogP contribution >= 0.6 is 0 Å². The number of hydrogen-bond acceptors (Lipinski definition) is 4. The van der Waals surface area contributed by atoms with E-state index in [9.17, 15) is 19.2 Å². The molecule has 0 saturated carbocycles. The van der Waals surface area contributed by atoms with Gasteiger partial charge < -0.3 is 4.98 Å². The fourth-order valence-corrected chi connectivity index (χ4v) is 3.02. The maximum Gasteiger partial charge on any atom is 0.262 e. The first kappa shape index (κ1) is 12.8. The molecule has 2 aromatic rings. The van der Waals surface area contributed by atoms with Gasteiger partial charge in [-0.2, -0.15) is 0 Å². The highest BCUT2D eigenvalue weighted by atomic mass is 16.2. The Balaban J connectivity index is 1.77. The third kappa shape index (κ3) is 1.62. The van der Waals surface area contributed by atoms with Crippen LogP contribution in [-0.4, -0.2) is 39.6 Å². The number of amides is 4. The normalized spacial score (nSPS) is 21.5. The molecule has 2 aliphatic rings. The Morgan fingerprint density at radius 3 is 2.09 bits per heavy atom. The van der Waals surface area contributed by atoms with Gasteiger partial charge in [0.1, 0.15) is 6.04 Å². The molecule has 2 N–H and O–H groups in total. The van der Waals surface area contributed by atoms with Crippen molar-refractivity contribution in [3.8, 4) is 0 Å². The Morgan fingerprint density at radius 1 is 0.955 bits per heavy atom. The van der Waals surface area contributed by atoms with Crippen LogP contribution in [0.4, 0.5) is 0 Å². The number of imide groups is 2. The highest BCUT2D eigenvalue weighted by Gasteiger charge is 2.44. The van der Waals surface area contributed by atoms with E-state index >= 15 is 0 Å². The topological polar surface area (TPSA) is 99.3 Å². The number of piperidine rings is 1. The van der Waals surface area contributed by atoms with E-state index in [2.05, 4.69) is 10.3 Å². The van der Waals surface area contributed by atoms with Gasteiger partial charge in [-0.05, 0) is 29.3 Å². The summed E-state index contributed by atoms with van der Waals surface area (Å²) in [4.78, 5) is 52.1. The number of H-pyrrole nitrogens is 1. The first-order valence-electron chi connectivity index (χ1n) is 6.88. The molecule has 0 bridgehead atoms. The van der Waals surface area contributed by atoms with Crippen LogP contribution in [-0.2, 0) is 9.59 Å². The molecule has 3 heterocycles. The Bertz CT molecular complexity index is 817. The molecule has 1 aromatic heterocycles. The standard InChI is InChI=1S/C15H11N3O4/c19-12-2-1-11(13(20)17-12)18-14(21)9-3-7-5-16-6-8(7)4-10(9)15(18)22/h3-6,11,16H,1-2H2,(H,17,19,20). The smallest absolute Gasteiger partial charge is 0.262 e. The van der Waals surface area contributed by atoms with Crippen molar-refractivity contribution in [2.75, 3.05) is 0 Å². The van der Waals surface area contributed by atoms with E-state index in [1.807, 2.05) is 0 Å². The maximum absolute atomic E-state index is 12.5. The monoisotopic (exact) mass is 297 g/mol. The van der Waals surface area contributed by atoms with Crippen LogP contribution in [0.3, 0.4) is 0 Å². The molecule has 1 fully saturated rings. The van der Waals surface area contributed by atoms with E-state index in [0.29, 0.717) is 11.1 Å². The summed E-state index contributed by atoms with van der Waals surface area (Å²) >= 11 is 0. The molecule has 7 nitrogen and oxygen atoms in total. The van der Waals surface area contributed by atoms with E-state index in [4.69, 9.17) is 0 Å². The first-order chi connectivity index (χ1) is 10.6. The zero-order valence-corrected chi connectivity index (χ0v) is 11.4. The summed E-state index contributed by atoms with van der Waals surface area (Å²) in [5.41, 5.74) is 0.587. The SMILES string of the molecule is O=C1CCC(N2C(=O)c3cc4c[nH]cc4cc3C2=O)C(=O)N1. The average molecular weight is 297 g/mol. The van der Waals surface area contributed by atoms with Gasteiger partial charge in [0.2, 0.25) is 11.8 Å². The summed E-state index contributed by atoms with van der Waals surface area (Å²) in [7, 11) is 0. The van der Waals surface area contributed by atoms with Crippen molar-refractivity contribution in [1.82, 2.24) is 15.2 Å². The number of fused-ring (bicyclic) bond motifs is 2. The number of carbonyl (C=O) groups excluding carboxylic acids is 4. The van der Waals surface area contributed by atoms with Crippen molar-refractivity contribution < 1.29 is 19.2 Å². The van der Waals surface area contributed by atoms with Crippen molar-refractivity contribution in [3.63, 3.8) is 0 Å². The van der Waals surface area contributed by atoms with Crippen molar-refractivity contribution in [2.45, 2.75) is 18.9 Å². The molecule has 110 valence electrons. The molecule has 1 atom stereocenters. The largest absolute Gasteiger partial charge is 0.366 e.